The average molecular weight is 512 g/mol. The van der Waals surface area contributed by atoms with Crippen LogP contribution in [0.15, 0.2) is 37.0 Å². The molecule has 1 heterocycles. The van der Waals surface area contributed by atoms with Crippen LogP contribution in [0.2, 0.25) is 5.02 Å². The molecule has 0 bridgehead atoms. The van der Waals surface area contributed by atoms with E-state index >= 15 is 4.39 Å². The number of nitrogens with zero attached hydrogens (tertiary/aromatic N) is 1. The van der Waals surface area contributed by atoms with E-state index in [-0.39, 0.29) is 11.9 Å². The summed E-state index contributed by atoms with van der Waals surface area (Å²) in [6.45, 7) is 19.5. The summed E-state index contributed by atoms with van der Waals surface area (Å²) in [5.74, 6) is 0.0708. The highest BCUT2D eigenvalue weighted by molar-refractivity contribution is 6.32. The minimum Gasteiger partial charge on any atom is -0.384 e. The van der Waals surface area contributed by atoms with Crippen molar-refractivity contribution in [1.29, 1.82) is 0 Å². The first-order valence-corrected chi connectivity index (χ1v) is 12.7. The molecule has 0 saturated heterocycles. The summed E-state index contributed by atoms with van der Waals surface area (Å²) in [6, 6.07) is 6.83. The fourth-order valence-electron chi connectivity index (χ4n) is 2.72. The van der Waals surface area contributed by atoms with Gasteiger partial charge in [-0.2, -0.15) is 0 Å². The van der Waals surface area contributed by atoms with Crippen LogP contribution in [0, 0.1) is 5.82 Å². The molecule has 1 aromatic carbocycles. The number of rotatable bonds is 9. The van der Waals surface area contributed by atoms with Crippen molar-refractivity contribution in [3.63, 3.8) is 0 Å². The predicted molar refractivity (Wildman–Crippen MR) is 152 cm³/mol. The van der Waals surface area contributed by atoms with Gasteiger partial charge in [-0.3, -0.25) is 4.79 Å². The highest BCUT2D eigenvalue weighted by Gasteiger charge is 2.20. The summed E-state index contributed by atoms with van der Waals surface area (Å²) in [6.07, 6.45) is 4.03. The zero-order chi connectivity index (χ0) is 27.8. The monoisotopic (exact) mass is 511 g/mol. The lowest BCUT2D eigenvalue weighted by atomic mass is 9.94. The smallest absolute Gasteiger partial charge is 0.207 e. The molecule has 0 fully saturated rings. The molecule has 0 radical (unpaired) electrons. The average Bonchev–Trinajstić information content (AvgIpc) is 2.90. The SMILES string of the molecule is C=C(c1ccc(N)nc1)c1c(Cl)ccc(C(CC)NCCC)c1F.CC.CC.CCNC=O.CN. The van der Waals surface area contributed by atoms with Gasteiger partial charge in [0, 0.05) is 35.5 Å². The van der Waals surface area contributed by atoms with E-state index in [2.05, 4.69) is 34.9 Å². The van der Waals surface area contributed by atoms with Crippen LogP contribution in [0.1, 0.15) is 84.0 Å². The second-order valence-electron chi connectivity index (χ2n) is 6.37. The molecule has 1 unspecified atom stereocenters. The third-order valence-electron chi connectivity index (χ3n) is 4.27. The number of hydrogen-bond donors (Lipinski definition) is 4. The van der Waals surface area contributed by atoms with Crippen LogP contribution in [-0.2, 0) is 4.79 Å². The third kappa shape index (κ3) is 13.9. The molecule has 1 amide bonds. The predicted octanol–water partition coefficient (Wildman–Crippen LogP) is 6.35. The Morgan fingerprint density at radius 1 is 1.14 bits per heavy atom. The molecule has 35 heavy (non-hydrogen) atoms. The number of benzene rings is 1. The van der Waals surface area contributed by atoms with E-state index in [1.165, 1.54) is 7.05 Å². The van der Waals surface area contributed by atoms with Gasteiger partial charge in [0.2, 0.25) is 6.41 Å². The third-order valence-corrected chi connectivity index (χ3v) is 4.58. The molecule has 1 atom stereocenters. The first-order chi connectivity index (χ1) is 16.9. The van der Waals surface area contributed by atoms with Gasteiger partial charge in [0.25, 0.3) is 0 Å². The Morgan fingerprint density at radius 2 is 1.74 bits per heavy atom. The summed E-state index contributed by atoms with van der Waals surface area (Å²) in [5, 5.41) is 6.13. The van der Waals surface area contributed by atoms with Gasteiger partial charge in [-0.25, -0.2) is 9.37 Å². The number of hydrogen-bond acceptors (Lipinski definition) is 5. The Morgan fingerprint density at radius 3 is 2.14 bits per heavy atom. The topological polar surface area (TPSA) is 106 Å². The molecule has 6 nitrogen and oxygen atoms in total. The highest BCUT2D eigenvalue weighted by atomic mass is 35.5. The van der Waals surface area contributed by atoms with Crippen molar-refractivity contribution in [1.82, 2.24) is 15.6 Å². The lowest BCUT2D eigenvalue weighted by Crippen LogP contribution is -2.22. The number of nitrogens with two attached hydrogens (primary N) is 2. The van der Waals surface area contributed by atoms with Crippen molar-refractivity contribution < 1.29 is 9.18 Å². The van der Waals surface area contributed by atoms with Crippen molar-refractivity contribution in [2.75, 3.05) is 25.9 Å². The van der Waals surface area contributed by atoms with Crippen LogP contribution in [0.4, 0.5) is 10.2 Å². The van der Waals surface area contributed by atoms with Crippen molar-refractivity contribution in [2.45, 2.75) is 67.3 Å². The maximum Gasteiger partial charge on any atom is 0.207 e. The summed E-state index contributed by atoms with van der Waals surface area (Å²) < 4.78 is 15.2. The Labute approximate surface area is 217 Å². The van der Waals surface area contributed by atoms with E-state index in [4.69, 9.17) is 17.3 Å². The molecular weight excluding hydrogens is 465 g/mol. The largest absolute Gasteiger partial charge is 0.384 e. The van der Waals surface area contributed by atoms with Crippen molar-refractivity contribution >= 4 is 29.4 Å². The van der Waals surface area contributed by atoms with E-state index < -0.39 is 0 Å². The fraction of sp³-hybridized carbons (Fsp3) is 0.481. The minimum absolute atomic E-state index is 0.0571. The van der Waals surface area contributed by atoms with Gasteiger partial charge in [0.15, 0.2) is 0 Å². The first kappa shape index (κ1) is 37.1. The molecule has 6 N–H and O–H groups in total. The van der Waals surface area contributed by atoms with Crippen LogP contribution >= 0.6 is 11.6 Å². The molecule has 200 valence electrons. The van der Waals surface area contributed by atoms with E-state index in [9.17, 15) is 4.79 Å². The molecule has 2 aromatic rings. The number of carbonyl (C=O) groups excluding carboxylic acids is 1. The summed E-state index contributed by atoms with van der Waals surface area (Å²) in [5.41, 5.74) is 12.2. The zero-order valence-electron chi connectivity index (χ0n) is 22.8. The van der Waals surface area contributed by atoms with Crippen LogP contribution in [0.5, 0.6) is 0 Å². The van der Waals surface area contributed by atoms with Crippen LogP contribution in [-0.4, -0.2) is 31.5 Å². The molecule has 0 spiro atoms. The number of pyridine rings is 1. The molecule has 0 saturated carbocycles. The molecule has 0 aliphatic rings. The lowest BCUT2D eigenvalue weighted by Gasteiger charge is -2.20. The number of amides is 1. The Bertz CT molecular complexity index is 801. The van der Waals surface area contributed by atoms with Gasteiger partial charge >= 0.3 is 0 Å². The summed E-state index contributed by atoms with van der Waals surface area (Å²) in [4.78, 5) is 13.3. The number of carbonyl (C=O) groups is 1. The van der Waals surface area contributed by atoms with Crippen LogP contribution in [0.25, 0.3) is 5.57 Å². The second-order valence-corrected chi connectivity index (χ2v) is 6.77. The van der Waals surface area contributed by atoms with E-state index in [1.54, 1.807) is 30.5 Å². The summed E-state index contributed by atoms with van der Waals surface area (Å²) >= 11 is 6.26. The first-order valence-electron chi connectivity index (χ1n) is 12.3. The Balaban J connectivity index is -0.000000799. The van der Waals surface area contributed by atoms with Crippen molar-refractivity contribution in [2.24, 2.45) is 5.73 Å². The lowest BCUT2D eigenvalue weighted by molar-refractivity contribution is -0.109. The Hall–Kier alpha value is -2.48. The molecular formula is C27H47ClFN5O. The standard InChI is InChI=1S/C19H23ClFN3.C3H7NO.2C2H6.CH5N/c1-4-10-23-16(5-2)14-7-8-15(20)18(19(14)21)12(3)13-6-9-17(22)24-11-13;1-2-4-3-5;3*1-2/h6-9,11,16,23H,3-5,10H2,1-2H3,(H2,22,24);3H,2H2,1H3,(H,4,5);2*1-2H3;2H2,1H3. The van der Waals surface area contributed by atoms with E-state index in [0.717, 1.165) is 25.9 Å². The number of halogens is 2. The van der Waals surface area contributed by atoms with Gasteiger partial charge in [-0.05, 0) is 57.1 Å². The van der Waals surface area contributed by atoms with Crippen molar-refractivity contribution in [3.05, 3.63) is 64.6 Å². The van der Waals surface area contributed by atoms with Crippen molar-refractivity contribution in [3.8, 4) is 0 Å². The maximum absolute atomic E-state index is 15.2. The molecule has 1 aromatic heterocycles. The molecule has 2 rings (SSSR count). The van der Waals surface area contributed by atoms with Crippen LogP contribution in [0.3, 0.4) is 0 Å². The second kappa shape index (κ2) is 24.6. The molecule has 0 aliphatic heterocycles. The van der Waals surface area contributed by atoms with Gasteiger partial charge in [0.1, 0.15) is 11.6 Å². The number of aromatic nitrogens is 1. The van der Waals surface area contributed by atoms with Crippen LogP contribution < -0.4 is 22.1 Å². The Kier molecular flexibility index (Phi) is 26.1. The van der Waals surface area contributed by atoms with Gasteiger partial charge in [-0.1, -0.05) is 65.8 Å². The molecule has 8 heteroatoms. The quantitative estimate of drug-likeness (QED) is 0.293. The number of anilines is 1. The van der Waals surface area contributed by atoms with E-state index in [0.29, 0.717) is 39.5 Å². The van der Waals surface area contributed by atoms with Gasteiger partial charge in [0.05, 0.1) is 5.02 Å². The minimum atomic E-state index is -0.334. The van der Waals surface area contributed by atoms with Gasteiger partial charge < -0.3 is 22.1 Å². The maximum atomic E-state index is 15.2. The highest BCUT2D eigenvalue weighted by Crippen LogP contribution is 2.34. The number of nitrogens with one attached hydrogen (secondary N) is 2. The molecule has 0 aliphatic carbocycles. The fourth-order valence-corrected chi connectivity index (χ4v) is 2.98. The van der Waals surface area contributed by atoms with E-state index in [1.807, 2.05) is 41.5 Å². The summed E-state index contributed by atoms with van der Waals surface area (Å²) in [7, 11) is 1.50. The number of nitrogen functional groups attached to an aromatic ring is 1. The normalized spacial score (nSPS) is 9.80. The zero-order valence-corrected chi connectivity index (χ0v) is 23.6. The van der Waals surface area contributed by atoms with Gasteiger partial charge in [-0.15, -0.1) is 0 Å².